The van der Waals surface area contributed by atoms with Crippen LogP contribution in [0.4, 0.5) is 19.0 Å². The Morgan fingerprint density at radius 3 is 2.57 bits per heavy atom. The van der Waals surface area contributed by atoms with Gasteiger partial charge in [-0.3, -0.25) is 4.79 Å². The van der Waals surface area contributed by atoms with Crippen LogP contribution in [0.5, 0.6) is 0 Å². The summed E-state index contributed by atoms with van der Waals surface area (Å²) in [5, 5.41) is 2.10. The molecule has 0 atom stereocenters. The number of amides is 1. The SMILES string of the molecule is Cc1ccc(C(F)(F)F)nc1NC=O. The maximum Gasteiger partial charge on any atom is 0.433 e. The van der Waals surface area contributed by atoms with E-state index in [2.05, 4.69) is 10.3 Å². The van der Waals surface area contributed by atoms with Gasteiger partial charge in [-0.15, -0.1) is 0 Å². The summed E-state index contributed by atoms with van der Waals surface area (Å²) in [6.07, 6.45) is -4.21. The third kappa shape index (κ3) is 2.21. The van der Waals surface area contributed by atoms with Gasteiger partial charge in [0, 0.05) is 0 Å². The lowest BCUT2D eigenvalue weighted by Gasteiger charge is -2.08. The fourth-order valence-electron chi connectivity index (χ4n) is 0.889. The molecule has 0 unspecified atom stereocenters. The quantitative estimate of drug-likeness (QED) is 0.748. The molecule has 3 nitrogen and oxygen atoms in total. The Labute approximate surface area is 78.0 Å². The minimum atomic E-state index is -4.49. The lowest BCUT2D eigenvalue weighted by atomic mass is 10.2. The topological polar surface area (TPSA) is 42.0 Å². The van der Waals surface area contributed by atoms with Crippen molar-refractivity contribution in [3.63, 3.8) is 0 Å². The molecule has 1 rings (SSSR count). The maximum atomic E-state index is 12.2. The van der Waals surface area contributed by atoms with Gasteiger partial charge in [-0.1, -0.05) is 6.07 Å². The van der Waals surface area contributed by atoms with Gasteiger partial charge in [0.25, 0.3) is 0 Å². The highest BCUT2D eigenvalue weighted by Gasteiger charge is 2.32. The minimum Gasteiger partial charge on any atom is -0.313 e. The maximum absolute atomic E-state index is 12.2. The highest BCUT2D eigenvalue weighted by Crippen LogP contribution is 2.29. The lowest BCUT2D eigenvalue weighted by Crippen LogP contribution is -2.10. The first-order valence-electron chi connectivity index (χ1n) is 3.70. The molecule has 0 aromatic carbocycles. The predicted octanol–water partition coefficient (Wildman–Crippen LogP) is 1.98. The van der Waals surface area contributed by atoms with Gasteiger partial charge in [0.2, 0.25) is 6.41 Å². The monoisotopic (exact) mass is 204 g/mol. The third-order valence-corrected chi connectivity index (χ3v) is 1.58. The van der Waals surface area contributed by atoms with Crippen molar-refractivity contribution in [2.45, 2.75) is 13.1 Å². The van der Waals surface area contributed by atoms with Crippen molar-refractivity contribution in [1.82, 2.24) is 4.98 Å². The van der Waals surface area contributed by atoms with E-state index in [0.29, 0.717) is 5.56 Å². The van der Waals surface area contributed by atoms with Crippen LogP contribution in [0.1, 0.15) is 11.3 Å². The molecule has 1 aromatic rings. The first-order chi connectivity index (χ1) is 6.45. The molecule has 1 N–H and O–H groups in total. The predicted molar refractivity (Wildman–Crippen MR) is 43.7 cm³/mol. The summed E-state index contributed by atoms with van der Waals surface area (Å²) in [5.74, 6) is -0.0742. The number of nitrogens with one attached hydrogen (secondary N) is 1. The van der Waals surface area contributed by atoms with E-state index in [4.69, 9.17) is 0 Å². The molecule has 76 valence electrons. The van der Waals surface area contributed by atoms with Gasteiger partial charge in [0.05, 0.1) is 0 Å². The van der Waals surface area contributed by atoms with Gasteiger partial charge in [0.1, 0.15) is 11.5 Å². The molecule has 0 saturated heterocycles. The molecule has 0 aliphatic heterocycles. The zero-order chi connectivity index (χ0) is 10.8. The molecule has 14 heavy (non-hydrogen) atoms. The van der Waals surface area contributed by atoms with E-state index in [1.165, 1.54) is 6.07 Å². The summed E-state index contributed by atoms with van der Waals surface area (Å²) < 4.78 is 36.5. The summed E-state index contributed by atoms with van der Waals surface area (Å²) in [5.41, 5.74) is -0.544. The molecule has 0 aliphatic rings. The number of pyridine rings is 1. The Morgan fingerprint density at radius 2 is 2.07 bits per heavy atom. The van der Waals surface area contributed by atoms with Gasteiger partial charge >= 0.3 is 6.18 Å². The molecule has 0 aliphatic carbocycles. The Kier molecular flexibility index (Phi) is 2.73. The van der Waals surface area contributed by atoms with Crippen molar-refractivity contribution in [1.29, 1.82) is 0 Å². The average molecular weight is 204 g/mol. The number of alkyl halides is 3. The second-order valence-electron chi connectivity index (χ2n) is 2.62. The van der Waals surface area contributed by atoms with Gasteiger partial charge in [0.15, 0.2) is 0 Å². The highest BCUT2D eigenvalue weighted by molar-refractivity contribution is 5.70. The number of halogens is 3. The zero-order valence-corrected chi connectivity index (χ0v) is 7.22. The minimum absolute atomic E-state index is 0.0742. The number of anilines is 1. The van der Waals surface area contributed by atoms with Crippen LogP contribution in [-0.4, -0.2) is 11.4 Å². The standard InChI is InChI=1S/C8H7F3N2O/c1-5-2-3-6(8(9,10)11)13-7(5)12-4-14/h2-4H,1H3,(H,12,13,14). The van der Waals surface area contributed by atoms with Crippen molar-refractivity contribution in [2.24, 2.45) is 0 Å². The molecule has 0 fully saturated rings. The first-order valence-corrected chi connectivity index (χ1v) is 3.70. The van der Waals surface area contributed by atoms with Crippen LogP contribution in [-0.2, 0) is 11.0 Å². The smallest absolute Gasteiger partial charge is 0.313 e. The molecule has 0 radical (unpaired) electrons. The van der Waals surface area contributed by atoms with E-state index in [1.54, 1.807) is 6.92 Å². The van der Waals surface area contributed by atoms with E-state index in [1.807, 2.05) is 0 Å². The number of nitrogens with zero attached hydrogens (tertiary/aromatic N) is 1. The van der Waals surface area contributed by atoms with Crippen LogP contribution in [0.3, 0.4) is 0 Å². The second-order valence-corrected chi connectivity index (χ2v) is 2.62. The summed E-state index contributed by atoms with van der Waals surface area (Å²) in [6.45, 7) is 1.55. The van der Waals surface area contributed by atoms with E-state index >= 15 is 0 Å². The van der Waals surface area contributed by atoms with E-state index in [9.17, 15) is 18.0 Å². The largest absolute Gasteiger partial charge is 0.433 e. The Morgan fingerprint density at radius 1 is 1.43 bits per heavy atom. The van der Waals surface area contributed by atoms with Crippen LogP contribution in [0.2, 0.25) is 0 Å². The highest BCUT2D eigenvalue weighted by atomic mass is 19.4. The third-order valence-electron chi connectivity index (χ3n) is 1.58. The number of carbonyl (C=O) groups excluding carboxylic acids is 1. The Balaban J connectivity index is 3.12. The van der Waals surface area contributed by atoms with E-state index in [-0.39, 0.29) is 12.2 Å². The fourth-order valence-corrected chi connectivity index (χ4v) is 0.889. The van der Waals surface area contributed by atoms with Crippen LogP contribution >= 0.6 is 0 Å². The molecule has 1 amide bonds. The zero-order valence-electron chi connectivity index (χ0n) is 7.22. The van der Waals surface area contributed by atoms with Crippen molar-refractivity contribution < 1.29 is 18.0 Å². The van der Waals surface area contributed by atoms with Crippen LogP contribution < -0.4 is 5.32 Å². The summed E-state index contributed by atoms with van der Waals surface area (Å²) in [7, 11) is 0. The van der Waals surface area contributed by atoms with Crippen molar-refractivity contribution in [3.8, 4) is 0 Å². The number of aromatic nitrogens is 1. The van der Waals surface area contributed by atoms with E-state index < -0.39 is 11.9 Å². The van der Waals surface area contributed by atoms with Crippen molar-refractivity contribution in [3.05, 3.63) is 23.4 Å². The molecular formula is C8H7F3N2O. The van der Waals surface area contributed by atoms with Crippen molar-refractivity contribution >= 4 is 12.2 Å². The molecule has 1 heterocycles. The van der Waals surface area contributed by atoms with Gasteiger partial charge in [-0.05, 0) is 18.6 Å². The number of aryl methyl sites for hydroxylation is 1. The fraction of sp³-hybridized carbons (Fsp3) is 0.250. The first kappa shape index (κ1) is 10.5. The summed E-state index contributed by atoms with van der Waals surface area (Å²) >= 11 is 0. The molecule has 0 saturated carbocycles. The van der Waals surface area contributed by atoms with Crippen LogP contribution in [0.25, 0.3) is 0 Å². The number of carbonyl (C=O) groups is 1. The summed E-state index contributed by atoms with van der Waals surface area (Å²) in [6, 6.07) is 2.12. The Hall–Kier alpha value is -1.59. The van der Waals surface area contributed by atoms with Crippen molar-refractivity contribution in [2.75, 3.05) is 5.32 Å². The number of hydrogen-bond donors (Lipinski definition) is 1. The van der Waals surface area contributed by atoms with Gasteiger partial charge < -0.3 is 5.32 Å². The molecule has 0 bridgehead atoms. The van der Waals surface area contributed by atoms with Crippen LogP contribution in [0.15, 0.2) is 12.1 Å². The average Bonchev–Trinajstić information content (AvgIpc) is 2.07. The molecular weight excluding hydrogens is 197 g/mol. The van der Waals surface area contributed by atoms with Gasteiger partial charge in [-0.25, -0.2) is 4.98 Å². The Bertz CT molecular complexity index is 349. The summed E-state index contributed by atoms with van der Waals surface area (Å²) in [4.78, 5) is 13.3. The normalized spacial score (nSPS) is 11.1. The number of hydrogen-bond acceptors (Lipinski definition) is 2. The van der Waals surface area contributed by atoms with Crippen LogP contribution in [0, 0.1) is 6.92 Å². The van der Waals surface area contributed by atoms with Gasteiger partial charge in [-0.2, -0.15) is 13.2 Å². The second kappa shape index (κ2) is 3.65. The molecule has 1 aromatic heterocycles. The number of rotatable bonds is 2. The van der Waals surface area contributed by atoms with E-state index in [0.717, 1.165) is 6.07 Å². The lowest BCUT2D eigenvalue weighted by molar-refractivity contribution is -0.141. The molecule has 6 heteroatoms. The molecule has 0 spiro atoms.